The number of ketones is 1. The van der Waals surface area contributed by atoms with E-state index in [1.165, 1.54) is 0 Å². The van der Waals surface area contributed by atoms with Gasteiger partial charge >= 0.3 is 0 Å². The number of aromatic amines is 1. The molecule has 0 spiro atoms. The van der Waals surface area contributed by atoms with Crippen LogP contribution in [-0.2, 0) is 0 Å². The van der Waals surface area contributed by atoms with Crippen molar-refractivity contribution in [2.45, 2.75) is 18.9 Å². The van der Waals surface area contributed by atoms with E-state index in [2.05, 4.69) is 10.3 Å². The number of amides is 1. The highest BCUT2D eigenvalue weighted by Crippen LogP contribution is 2.31. The molecule has 1 unspecified atom stereocenters. The quantitative estimate of drug-likeness (QED) is 0.708. The largest absolute Gasteiger partial charge is 0.367 e. The van der Waals surface area contributed by atoms with Crippen LogP contribution in [0.2, 0.25) is 0 Å². The van der Waals surface area contributed by atoms with Crippen molar-refractivity contribution in [1.29, 1.82) is 0 Å². The summed E-state index contributed by atoms with van der Waals surface area (Å²) in [6.45, 7) is 0.494. The molecule has 4 N–H and O–H groups in total. The molecule has 5 nitrogen and oxygen atoms in total. The fourth-order valence-corrected chi connectivity index (χ4v) is 2.41. The predicted molar refractivity (Wildman–Crippen MR) is 90.9 cm³/mol. The van der Waals surface area contributed by atoms with Gasteiger partial charge in [-0.25, -0.2) is 0 Å². The topological polar surface area (TPSA) is 88.0 Å². The van der Waals surface area contributed by atoms with Gasteiger partial charge in [-0.1, -0.05) is 12.1 Å². The number of carbonyl (C=O) groups excluding carboxylic acids is 2. The van der Waals surface area contributed by atoms with Crippen molar-refractivity contribution in [2.24, 2.45) is 11.7 Å². The standard InChI is InChI=1S/C17H19N3O2.ClH/c18-15(11-1-2-11)10-20-17(22)13-5-3-12(4-6-13)16(21)14-7-8-19-9-14;/h3-9,11,15,19H,1-2,10,18H2,(H,20,22);1H. The molecular weight excluding hydrogens is 314 g/mol. The Hall–Kier alpha value is -2.11. The minimum atomic E-state index is -0.156. The molecule has 0 saturated heterocycles. The van der Waals surface area contributed by atoms with Crippen molar-refractivity contribution in [3.8, 4) is 0 Å². The molecule has 1 amide bonds. The third-order valence-corrected chi connectivity index (χ3v) is 4.00. The second kappa shape index (κ2) is 7.44. The lowest BCUT2D eigenvalue weighted by Gasteiger charge is -2.11. The van der Waals surface area contributed by atoms with Crippen molar-refractivity contribution < 1.29 is 9.59 Å². The highest BCUT2D eigenvalue weighted by molar-refractivity contribution is 6.09. The van der Waals surface area contributed by atoms with Crippen LogP contribution < -0.4 is 11.1 Å². The van der Waals surface area contributed by atoms with Gasteiger partial charge in [0, 0.05) is 41.7 Å². The van der Waals surface area contributed by atoms with Gasteiger partial charge in [-0.15, -0.1) is 12.4 Å². The van der Waals surface area contributed by atoms with Crippen LogP contribution in [0.5, 0.6) is 0 Å². The lowest BCUT2D eigenvalue weighted by Crippen LogP contribution is -2.38. The number of rotatable bonds is 6. The predicted octanol–water partition coefficient (Wildman–Crippen LogP) is 2.13. The summed E-state index contributed by atoms with van der Waals surface area (Å²) in [6.07, 6.45) is 5.68. The average molecular weight is 334 g/mol. The molecule has 1 aromatic carbocycles. The Balaban J connectivity index is 0.00000192. The maximum atomic E-state index is 12.1. The average Bonchev–Trinajstić information content (AvgIpc) is 3.26. The van der Waals surface area contributed by atoms with Gasteiger partial charge in [-0.05, 0) is 37.0 Å². The van der Waals surface area contributed by atoms with Crippen LogP contribution in [0, 0.1) is 5.92 Å². The summed E-state index contributed by atoms with van der Waals surface area (Å²) in [6, 6.07) is 8.44. The second-order valence-corrected chi connectivity index (χ2v) is 5.72. The molecule has 6 heteroatoms. The summed E-state index contributed by atoms with van der Waals surface area (Å²) >= 11 is 0. The minimum Gasteiger partial charge on any atom is -0.367 e. The first-order valence-corrected chi connectivity index (χ1v) is 7.46. The second-order valence-electron chi connectivity index (χ2n) is 5.72. The minimum absolute atomic E-state index is 0. The van der Waals surface area contributed by atoms with E-state index in [1.807, 2.05) is 0 Å². The molecule has 1 heterocycles. The van der Waals surface area contributed by atoms with E-state index in [1.54, 1.807) is 42.7 Å². The van der Waals surface area contributed by atoms with Crippen LogP contribution in [0.25, 0.3) is 0 Å². The summed E-state index contributed by atoms with van der Waals surface area (Å²) in [5, 5.41) is 2.84. The highest BCUT2D eigenvalue weighted by atomic mass is 35.5. The van der Waals surface area contributed by atoms with E-state index in [4.69, 9.17) is 5.73 Å². The Kier molecular flexibility index (Phi) is 5.58. The van der Waals surface area contributed by atoms with Gasteiger partial charge in [0.05, 0.1) is 0 Å². The molecule has 122 valence electrons. The Morgan fingerprint density at radius 1 is 1.13 bits per heavy atom. The first-order chi connectivity index (χ1) is 10.6. The molecule has 1 aliphatic carbocycles. The summed E-state index contributed by atoms with van der Waals surface area (Å²) < 4.78 is 0. The van der Waals surface area contributed by atoms with Gasteiger partial charge in [-0.2, -0.15) is 0 Å². The van der Waals surface area contributed by atoms with Crippen molar-refractivity contribution in [1.82, 2.24) is 10.3 Å². The van der Waals surface area contributed by atoms with E-state index in [-0.39, 0.29) is 30.1 Å². The van der Waals surface area contributed by atoms with E-state index in [0.29, 0.717) is 29.2 Å². The molecule has 0 bridgehead atoms. The van der Waals surface area contributed by atoms with Crippen LogP contribution >= 0.6 is 12.4 Å². The summed E-state index contributed by atoms with van der Waals surface area (Å²) in [5.41, 5.74) is 7.66. The van der Waals surface area contributed by atoms with E-state index in [9.17, 15) is 9.59 Å². The first kappa shape index (κ1) is 17.2. The molecule has 0 radical (unpaired) electrons. The third kappa shape index (κ3) is 4.21. The van der Waals surface area contributed by atoms with Gasteiger partial charge in [-0.3, -0.25) is 9.59 Å². The molecule has 2 aromatic rings. The van der Waals surface area contributed by atoms with Crippen LogP contribution in [0.4, 0.5) is 0 Å². The van der Waals surface area contributed by atoms with Gasteiger partial charge < -0.3 is 16.0 Å². The molecular formula is C17H20ClN3O2. The van der Waals surface area contributed by atoms with E-state index in [0.717, 1.165) is 12.8 Å². The molecule has 0 aliphatic heterocycles. The number of nitrogens with two attached hydrogens (primary N) is 1. The SMILES string of the molecule is Cl.NC(CNC(=O)c1ccc(C(=O)c2cc[nH]c2)cc1)C1CC1. The lowest BCUT2D eigenvalue weighted by atomic mass is 10.0. The zero-order chi connectivity index (χ0) is 15.5. The fraction of sp³-hybridized carbons (Fsp3) is 0.294. The highest BCUT2D eigenvalue weighted by Gasteiger charge is 2.28. The number of benzene rings is 1. The number of halogens is 1. The molecule has 1 atom stereocenters. The zero-order valence-electron chi connectivity index (χ0n) is 12.6. The molecule has 1 saturated carbocycles. The number of nitrogens with one attached hydrogen (secondary N) is 2. The number of aromatic nitrogens is 1. The Bertz CT molecular complexity index is 664. The maximum Gasteiger partial charge on any atom is 0.251 e. The molecule has 1 aromatic heterocycles. The number of hydrogen-bond acceptors (Lipinski definition) is 3. The fourth-order valence-electron chi connectivity index (χ4n) is 2.41. The monoisotopic (exact) mass is 333 g/mol. The summed E-state index contributed by atoms with van der Waals surface area (Å²) in [5.74, 6) is 0.336. The van der Waals surface area contributed by atoms with Crippen LogP contribution in [0.1, 0.15) is 39.1 Å². The smallest absolute Gasteiger partial charge is 0.251 e. The van der Waals surface area contributed by atoms with Gasteiger partial charge in [0.15, 0.2) is 5.78 Å². The van der Waals surface area contributed by atoms with Gasteiger partial charge in [0.2, 0.25) is 0 Å². The van der Waals surface area contributed by atoms with Gasteiger partial charge in [0.25, 0.3) is 5.91 Å². The first-order valence-electron chi connectivity index (χ1n) is 7.46. The van der Waals surface area contributed by atoms with Crippen LogP contribution in [0.3, 0.4) is 0 Å². The molecule has 23 heavy (non-hydrogen) atoms. The van der Waals surface area contributed by atoms with Crippen molar-refractivity contribution in [2.75, 3.05) is 6.54 Å². The summed E-state index contributed by atoms with van der Waals surface area (Å²) in [4.78, 5) is 27.0. The zero-order valence-corrected chi connectivity index (χ0v) is 13.4. The number of carbonyl (C=O) groups is 2. The van der Waals surface area contributed by atoms with Crippen LogP contribution in [0.15, 0.2) is 42.7 Å². The maximum absolute atomic E-state index is 12.1. The van der Waals surface area contributed by atoms with Gasteiger partial charge in [0.1, 0.15) is 0 Å². The summed E-state index contributed by atoms with van der Waals surface area (Å²) in [7, 11) is 0. The van der Waals surface area contributed by atoms with Crippen LogP contribution in [-0.4, -0.2) is 29.3 Å². The van der Waals surface area contributed by atoms with E-state index >= 15 is 0 Å². The Labute approximate surface area is 141 Å². The molecule has 3 rings (SSSR count). The molecule has 1 aliphatic rings. The van der Waals surface area contributed by atoms with Crippen molar-refractivity contribution in [3.05, 3.63) is 59.4 Å². The van der Waals surface area contributed by atoms with Crippen molar-refractivity contribution in [3.63, 3.8) is 0 Å². The third-order valence-electron chi connectivity index (χ3n) is 4.00. The molecule has 1 fully saturated rings. The van der Waals surface area contributed by atoms with Crippen molar-refractivity contribution >= 4 is 24.1 Å². The number of hydrogen-bond donors (Lipinski definition) is 3. The normalized spacial score (nSPS) is 14.7. The Morgan fingerprint density at radius 3 is 2.35 bits per heavy atom. The van der Waals surface area contributed by atoms with E-state index < -0.39 is 0 Å². The lowest BCUT2D eigenvalue weighted by molar-refractivity contribution is 0.0949. The Morgan fingerprint density at radius 2 is 1.78 bits per heavy atom. The number of H-pyrrole nitrogens is 1.